The van der Waals surface area contributed by atoms with Gasteiger partial charge in [-0.3, -0.25) is 4.90 Å². The van der Waals surface area contributed by atoms with Gasteiger partial charge in [-0.05, 0) is 7.05 Å². The van der Waals surface area contributed by atoms with Gasteiger partial charge in [0.25, 0.3) is 0 Å². The van der Waals surface area contributed by atoms with Gasteiger partial charge in [0.15, 0.2) is 0 Å². The van der Waals surface area contributed by atoms with E-state index in [1.165, 1.54) is 0 Å². The summed E-state index contributed by atoms with van der Waals surface area (Å²) in [6.07, 6.45) is 0.777. The van der Waals surface area contributed by atoms with Crippen molar-refractivity contribution < 1.29 is 9.26 Å². The van der Waals surface area contributed by atoms with Crippen LogP contribution < -0.4 is 0 Å². The fourth-order valence-electron chi connectivity index (χ4n) is 2.60. The van der Waals surface area contributed by atoms with Crippen LogP contribution in [0, 0.1) is 0 Å². The molecular weight excluding hydrogens is 292 g/mol. The zero-order chi connectivity index (χ0) is 15.9. The van der Waals surface area contributed by atoms with Crippen LogP contribution in [0.25, 0.3) is 11.4 Å². The molecule has 2 heterocycles. The third kappa shape index (κ3) is 4.86. The largest absolute Gasteiger partial charge is 0.379 e. The molecule has 1 aliphatic rings. The fraction of sp³-hybridized carbons (Fsp3) is 0.529. The minimum Gasteiger partial charge on any atom is -0.379 e. The van der Waals surface area contributed by atoms with Crippen molar-refractivity contribution in [3.05, 3.63) is 36.2 Å². The van der Waals surface area contributed by atoms with Crippen molar-refractivity contribution >= 4 is 0 Å². The number of ether oxygens (including phenoxy) is 1. The maximum Gasteiger partial charge on any atom is 0.228 e. The number of nitrogens with zero attached hydrogens (tertiary/aromatic N) is 4. The second-order valence-electron chi connectivity index (χ2n) is 5.89. The van der Waals surface area contributed by atoms with E-state index in [9.17, 15) is 0 Å². The predicted octanol–water partition coefficient (Wildman–Crippen LogP) is 1.54. The van der Waals surface area contributed by atoms with Gasteiger partial charge in [0.2, 0.25) is 11.7 Å². The summed E-state index contributed by atoms with van der Waals surface area (Å²) in [5.74, 6) is 1.36. The molecule has 2 aromatic rings. The lowest BCUT2D eigenvalue weighted by atomic mass is 10.2. The van der Waals surface area contributed by atoms with Gasteiger partial charge in [-0.15, -0.1) is 0 Å². The van der Waals surface area contributed by atoms with Crippen molar-refractivity contribution in [2.24, 2.45) is 0 Å². The van der Waals surface area contributed by atoms with E-state index in [1.54, 1.807) is 0 Å². The Morgan fingerprint density at radius 3 is 2.70 bits per heavy atom. The number of aromatic nitrogens is 2. The van der Waals surface area contributed by atoms with Crippen molar-refractivity contribution in [3.8, 4) is 11.4 Å². The molecular formula is C17H24N4O2. The van der Waals surface area contributed by atoms with E-state index in [0.29, 0.717) is 11.7 Å². The minimum atomic E-state index is 0.663. The number of hydrogen-bond donors (Lipinski definition) is 0. The molecule has 0 spiro atoms. The SMILES string of the molecule is CN(CCc1nc(-c2ccccc2)no1)CCN1CCOCC1. The van der Waals surface area contributed by atoms with Gasteiger partial charge in [-0.2, -0.15) is 4.98 Å². The van der Waals surface area contributed by atoms with Crippen LogP contribution in [0.3, 0.4) is 0 Å². The van der Waals surface area contributed by atoms with Gasteiger partial charge in [0, 0.05) is 44.7 Å². The van der Waals surface area contributed by atoms with Crippen LogP contribution in [0.2, 0.25) is 0 Å². The Balaban J connectivity index is 1.42. The second-order valence-corrected chi connectivity index (χ2v) is 5.89. The first-order valence-corrected chi connectivity index (χ1v) is 8.18. The van der Waals surface area contributed by atoms with Crippen molar-refractivity contribution in [1.29, 1.82) is 0 Å². The Morgan fingerprint density at radius 1 is 1.13 bits per heavy atom. The number of morpholine rings is 1. The average molecular weight is 316 g/mol. The summed E-state index contributed by atoms with van der Waals surface area (Å²) < 4.78 is 10.7. The quantitative estimate of drug-likeness (QED) is 0.772. The predicted molar refractivity (Wildman–Crippen MR) is 88.2 cm³/mol. The number of rotatable bonds is 7. The molecule has 0 saturated carbocycles. The lowest BCUT2D eigenvalue weighted by Crippen LogP contribution is -2.41. The topological polar surface area (TPSA) is 54.6 Å². The monoisotopic (exact) mass is 316 g/mol. The van der Waals surface area contributed by atoms with E-state index in [2.05, 4.69) is 27.0 Å². The molecule has 0 unspecified atom stereocenters. The van der Waals surface area contributed by atoms with Crippen LogP contribution in [0.1, 0.15) is 5.89 Å². The van der Waals surface area contributed by atoms with Crippen molar-refractivity contribution in [1.82, 2.24) is 19.9 Å². The van der Waals surface area contributed by atoms with Gasteiger partial charge in [-0.25, -0.2) is 0 Å². The van der Waals surface area contributed by atoms with E-state index in [1.807, 2.05) is 30.3 Å². The molecule has 0 amide bonds. The van der Waals surface area contributed by atoms with E-state index in [0.717, 1.165) is 57.9 Å². The smallest absolute Gasteiger partial charge is 0.228 e. The molecule has 1 aromatic carbocycles. The molecule has 0 N–H and O–H groups in total. The molecule has 6 heteroatoms. The van der Waals surface area contributed by atoms with Gasteiger partial charge < -0.3 is 14.2 Å². The first-order chi connectivity index (χ1) is 11.3. The van der Waals surface area contributed by atoms with Gasteiger partial charge in [0.1, 0.15) is 0 Å². The Morgan fingerprint density at radius 2 is 1.91 bits per heavy atom. The zero-order valence-corrected chi connectivity index (χ0v) is 13.6. The highest BCUT2D eigenvalue weighted by atomic mass is 16.5. The normalized spacial score (nSPS) is 16.1. The first kappa shape index (κ1) is 16.1. The van der Waals surface area contributed by atoms with E-state index in [-0.39, 0.29) is 0 Å². The highest BCUT2D eigenvalue weighted by Crippen LogP contribution is 2.14. The van der Waals surface area contributed by atoms with Crippen LogP contribution in [0.15, 0.2) is 34.9 Å². The van der Waals surface area contributed by atoms with Crippen LogP contribution in [-0.4, -0.2) is 72.9 Å². The highest BCUT2D eigenvalue weighted by molar-refractivity contribution is 5.53. The standard InChI is InChI=1S/C17H24N4O2/c1-20(9-10-21-11-13-22-14-12-21)8-7-16-18-17(19-23-16)15-5-3-2-4-6-15/h2-6H,7-14H2,1H3. The third-order valence-corrected chi connectivity index (χ3v) is 4.11. The second kappa shape index (κ2) is 8.19. The van der Waals surface area contributed by atoms with Gasteiger partial charge >= 0.3 is 0 Å². The summed E-state index contributed by atoms with van der Waals surface area (Å²) >= 11 is 0. The number of likely N-dealkylation sites (N-methyl/N-ethyl adjacent to an activating group) is 1. The summed E-state index contributed by atoms with van der Waals surface area (Å²) in [4.78, 5) is 9.22. The summed E-state index contributed by atoms with van der Waals surface area (Å²) in [6, 6.07) is 9.91. The van der Waals surface area contributed by atoms with E-state index in [4.69, 9.17) is 9.26 Å². The van der Waals surface area contributed by atoms with Gasteiger partial charge in [0.05, 0.1) is 13.2 Å². The molecule has 1 fully saturated rings. The number of hydrogen-bond acceptors (Lipinski definition) is 6. The average Bonchev–Trinajstić information content (AvgIpc) is 3.09. The van der Waals surface area contributed by atoms with E-state index < -0.39 is 0 Å². The lowest BCUT2D eigenvalue weighted by molar-refractivity contribution is 0.0345. The maximum atomic E-state index is 5.37. The van der Waals surface area contributed by atoms with Crippen LogP contribution >= 0.6 is 0 Å². The third-order valence-electron chi connectivity index (χ3n) is 4.11. The van der Waals surface area contributed by atoms with Crippen LogP contribution in [0.4, 0.5) is 0 Å². The highest BCUT2D eigenvalue weighted by Gasteiger charge is 2.12. The first-order valence-electron chi connectivity index (χ1n) is 8.18. The Kier molecular flexibility index (Phi) is 5.74. The zero-order valence-electron chi connectivity index (χ0n) is 13.6. The van der Waals surface area contributed by atoms with Crippen LogP contribution in [-0.2, 0) is 11.2 Å². The Hall–Kier alpha value is -1.76. The summed E-state index contributed by atoms with van der Waals surface area (Å²) in [7, 11) is 2.13. The molecule has 6 nitrogen and oxygen atoms in total. The molecule has 0 aliphatic carbocycles. The summed E-state index contributed by atoms with van der Waals surface area (Å²) in [5, 5.41) is 4.06. The van der Waals surface area contributed by atoms with Crippen molar-refractivity contribution in [2.45, 2.75) is 6.42 Å². The van der Waals surface area contributed by atoms with E-state index >= 15 is 0 Å². The lowest BCUT2D eigenvalue weighted by Gasteiger charge is -2.28. The fourth-order valence-corrected chi connectivity index (χ4v) is 2.60. The Bertz CT molecular complexity index is 581. The molecule has 1 saturated heterocycles. The number of benzene rings is 1. The van der Waals surface area contributed by atoms with Gasteiger partial charge in [-0.1, -0.05) is 35.5 Å². The molecule has 0 radical (unpaired) electrons. The van der Waals surface area contributed by atoms with Crippen molar-refractivity contribution in [2.75, 3.05) is 53.0 Å². The van der Waals surface area contributed by atoms with Crippen molar-refractivity contribution in [3.63, 3.8) is 0 Å². The summed E-state index contributed by atoms with van der Waals surface area (Å²) in [6.45, 7) is 6.83. The molecule has 3 rings (SSSR count). The molecule has 1 aliphatic heterocycles. The summed E-state index contributed by atoms with van der Waals surface area (Å²) in [5.41, 5.74) is 0.989. The molecule has 0 bridgehead atoms. The maximum absolute atomic E-state index is 5.37. The Labute approximate surface area is 137 Å². The molecule has 124 valence electrons. The van der Waals surface area contributed by atoms with Crippen LogP contribution in [0.5, 0.6) is 0 Å². The minimum absolute atomic E-state index is 0.663. The molecule has 23 heavy (non-hydrogen) atoms. The molecule has 1 aromatic heterocycles. The molecule has 0 atom stereocenters.